The molecule has 0 amide bonds. The number of benzene rings is 2. The van der Waals surface area contributed by atoms with Crippen LogP contribution in [0, 0.1) is 0 Å². The molecule has 34 heavy (non-hydrogen) atoms. The molecule has 4 heteroatoms. The smallest absolute Gasteiger partial charge is 0.200 e. The maximum atomic E-state index is 13.6. The molecule has 2 aliphatic heterocycles. The van der Waals surface area contributed by atoms with Crippen LogP contribution < -0.4 is 31.1 Å². The SMILES string of the molecule is CC(=c1c(=O)c(=C(C)C2N(C)c3ccccc3C2(C)C)c1=O)C1N(C)c2ccccc2C1(C)C. The van der Waals surface area contributed by atoms with Crippen molar-refractivity contribution >= 4 is 22.5 Å². The van der Waals surface area contributed by atoms with Crippen molar-refractivity contribution < 1.29 is 0 Å². The molecule has 2 atom stereocenters. The number of anilines is 2. The van der Waals surface area contributed by atoms with E-state index in [4.69, 9.17) is 0 Å². The van der Waals surface area contributed by atoms with Crippen molar-refractivity contribution in [2.45, 2.75) is 64.5 Å². The van der Waals surface area contributed by atoms with Crippen LogP contribution in [-0.4, -0.2) is 26.2 Å². The molecule has 0 aromatic heterocycles. The molecule has 0 fully saturated rings. The molecule has 2 heterocycles. The predicted octanol–water partition coefficient (Wildman–Crippen LogP) is 3.22. The van der Waals surface area contributed by atoms with Crippen molar-refractivity contribution in [1.82, 2.24) is 0 Å². The second kappa shape index (κ2) is 7.18. The summed E-state index contributed by atoms with van der Waals surface area (Å²) >= 11 is 0. The van der Waals surface area contributed by atoms with Gasteiger partial charge in [0.1, 0.15) is 0 Å². The van der Waals surface area contributed by atoms with E-state index in [9.17, 15) is 9.59 Å². The lowest BCUT2D eigenvalue weighted by Gasteiger charge is -2.34. The minimum Gasteiger partial charge on any atom is -0.367 e. The molecule has 3 aromatic rings. The molecule has 4 nitrogen and oxygen atoms in total. The van der Waals surface area contributed by atoms with Gasteiger partial charge < -0.3 is 9.80 Å². The summed E-state index contributed by atoms with van der Waals surface area (Å²) in [6, 6.07) is 16.7. The van der Waals surface area contributed by atoms with Crippen LogP contribution in [0.3, 0.4) is 0 Å². The second-order valence-corrected chi connectivity index (χ2v) is 11.3. The first-order valence-electron chi connectivity index (χ1n) is 12.1. The number of hydrogen-bond acceptors (Lipinski definition) is 4. The van der Waals surface area contributed by atoms with Crippen LogP contribution in [0.2, 0.25) is 0 Å². The number of hydrogen-bond donors (Lipinski definition) is 0. The number of rotatable bonds is 2. The van der Waals surface area contributed by atoms with Crippen LogP contribution in [0.1, 0.15) is 52.7 Å². The van der Waals surface area contributed by atoms with Crippen molar-refractivity contribution in [2.75, 3.05) is 23.9 Å². The lowest BCUT2D eigenvalue weighted by atomic mass is 9.76. The van der Waals surface area contributed by atoms with E-state index < -0.39 is 0 Å². The highest BCUT2D eigenvalue weighted by Crippen LogP contribution is 2.47. The highest BCUT2D eigenvalue weighted by Gasteiger charge is 2.46. The monoisotopic (exact) mass is 454 g/mol. The van der Waals surface area contributed by atoms with Gasteiger partial charge in [0, 0.05) is 36.3 Å². The summed E-state index contributed by atoms with van der Waals surface area (Å²) < 4.78 is 0. The molecule has 0 saturated heterocycles. The summed E-state index contributed by atoms with van der Waals surface area (Å²) in [5.74, 6) is 0. The molecule has 0 spiro atoms. The van der Waals surface area contributed by atoms with Gasteiger partial charge in [-0.15, -0.1) is 0 Å². The summed E-state index contributed by atoms with van der Waals surface area (Å²) in [5.41, 5.74) is 5.98. The predicted molar refractivity (Wildman–Crippen MR) is 142 cm³/mol. The average Bonchev–Trinajstić information content (AvgIpc) is 3.11. The minimum atomic E-state index is -0.202. The molecule has 0 N–H and O–H groups in total. The standard InChI is InChI=1S/C30H34N2O2/c1-17(27-29(3,4)19-13-9-11-15-21(19)31(27)7)23-25(33)24(26(23)34)18(2)28-30(5,6)20-14-10-12-16-22(20)32(28)8/h9-16,27-28H,1-8H3. The lowest BCUT2D eigenvalue weighted by molar-refractivity contribution is 0.492. The molecular formula is C30H34N2O2. The molecule has 3 aromatic carbocycles. The minimum absolute atomic E-state index is 0.0375. The fourth-order valence-corrected chi connectivity index (χ4v) is 7.24. The Labute approximate surface area is 201 Å². The van der Waals surface area contributed by atoms with Crippen LogP contribution in [0.25, 0.3) is 11.1 Å². The molecule has 0 radical (unpaired) electrons. The first-order valence-corrected chi connectivity index (χ1v) is 12.1. The van der Waals surface area contributed by atoms with Gasteiger partial charge in [-0.3, -0.25) is 9.59 Å². The largest absolute Gasteiger partial charge is 0.367 e. The molecule has 2 aliphatic rings. The Morgan fingerprint density at radius 3 is 1.29 bits per heavy atom. The Balaban J connectivity index is 1.67. The zero-order chi connectivity index (χ0) is 24.7. The molecule has 5 rings (SSSR count). The van der Waals surface area contributed by atoms with Crippen molar-refractivity contribution in [3.8, 4) is 0 Å². The van der Waals surface area contributed by atoms with Gasteiger partial charge in [-0.05, 0) is 48.3 Å². The Morgan fingerprint density at radius 2 is 0.971 bits per heavy atom. The zero-order valence-corrected chi connectivity index (χ0v) is 21.5. The van der Waals surface area contributed by atoms with E-state index in [0.29, 0.717) is 10.4 Å². The van der Waals surface area contributed by atoms with Gasteiger partial charge in [-0.25, -0.2) is 0 Å². The van der Waals surface area contributed by atoms with Gasteiger partial charge >= 0.3 is 0 Å². The number of likely N-dealkylation sites (N-methyl/N-ethyl adjacent to an activating group) is 2. The van der Waals surface area contributed by atoms with Crippen LogP contribution in [-0.2, 0) is 10.8 Å². The van der Waals surface area contributed by atoms with Gasteiger partial charge in [0.15, 0.2) is 0 Å². The van der Waals surface area contributed by atoms with E-state index in [0.717, 1.165) is 22.5 Å². The molecule has 0 aliphatic carbocycles. The van der Waals surface area contributed by atoms with Crippen LogP contribution >= 0.6 is 0 Å². The van der Waals surface area contributed by atoms with Gasteiger partial charge in [-0.1, -0.05) is 64.1 Å². The maximum Gasteiger partial charge on any atom is 0.200 e. The summed E-state index contributed by atoms with van der Waals surface area (Å²) in [4.78, 5) is 31.6. The van der Waals surface area contributed by atoms with E-state index in [2.05, 4.69) is 88.0 Å². The lowest BCUT2D eigenvalue weighted by Crippen LogP contribution is -2.68. The summed E-state index contributed by atoms with van der Waals surface area (Å²) in [6.45, 7) is 12.7. The highest BCUT2D eigenvalue weighted by molar-refractivity contribution is 5.74. The summed E-state index contributed by atoms with van der Waals surface area (Å²) in [5, 5.41) is 0.756. The first kappa shape index (κ1) is 22.6. The first-order chi connectivity index (χ1) is 15.9. The van der Waals surface area contributed by atoms with Crippen LogP contribution in [0.5, 0.6) is 0 Å². The Morgan fingerprint density at radius 1 is 0.647 bits per heavy atom. The van der Waals surface area contributed by atoms with Crippen LogP contribution in [0.15, 0.2) is 58.1 Å². The number of nitrogens with zero attached hydrogens (tertiary/aromatic N) is 2. The number of para-hydroxylation sites is 2. The van der Waals surface area contributed by atoms with Crippen molar-refractivity contribution in [3.05, 3.63) is 90.5 Å². The Hall–Kier alpha value is -3.14. The van der Waals surface area contributed by atoms with Crippen molar-refractivity contribution in [2.24, 2.45) is 0 Å². The fraction of sp³-hybridized carbons (Fsp3) is 0.400. The third-order valence-electron chi connectivity index (χ3n) is 8.62. The Bertz CT molecular complexity index is 1380. The van der Waals surface area contributed by atoms with Gasteiger partial charge in [0.2, 0.25) is 10.9 Å². The normalized spacial score (nSPS) is 22.1. The second-order valence-electron chi connectivity index (χ2n) is 11.3. The topological polar surface area (TPSA) is 40.6 Å². The van der Waals surface area contributed by atoms with E-state index in [-0.39, 0.29) is 33.8 Å². The van der Waals surface area contributed by atoms with Gasteiger partial charge in [0.25, 0.3) is 0 Å². The fourth-order valence-electron chi connectivity index (χ4n) is 7.24. The average molecular weight is 455 g/mol. The third kappa shape index (κ3) is 2.71. The van der Waals surface area contributed by atoms with E-state index in [1.807, 2.05) is 26.0 Å². The van der Waals surface area contributed by atoms with E-state index >= 15 is 0 Å². The third-order valence-corrected chi connectivity index (χ3v) is 8.62. The van der Waals surface area contributed by atoms with Crippen LogP contribution in [0.4, 0.5) is 11.4 Å². The van der Waals surface area contributed by atoms with E-state index in [1.165, 1.54) is 11.1 Å². The molecule has 2 unspecified atom stereocenters. The maximum absolute atomic E-state index is 13.6. The van der Waals surface area contributed by atoms with Gasteiger partial charge in [0.05, 0.1) is 22.5 Å². The zero-order valence-electron chi connectivity index (χ0n) is 21.5. The Kier molecular flexibility index (Phi) is 4.78. The molecule has 0 bridgehead atoms. The number of fused-ring (bicyclic) bond motifs is 2. The quantitative estimate of drug-likeness (QED) is 0.596. The highest BCUT2D eigenvalue weighted by atomic mass is 16.1. The van der Waals surface area contributed by atoms with Crippen molar-refractivity contribution in [1.29, 1.82) is 0 Å². The van der Waals surface area contributed by atoms with Gasteiger partial charge in [-0.2, -0.15) is 0 Å². The molecule has 0 saturated carbocycles. The van der Waals surface area contributed by atoms with Crippen molar-refractivity contribution in [3.63, 3.8) is 0 Å². The summed E-state index contributed by atoms with van der Waals surface area (Å²) in [6.07, 6.45) is 0. The van der Waals surface area contributed by atoms with E-state index in [1.54, 1.807) is 0 Å². The summed E-state index contributed by atoms with van der Waals surface area (Å²) in [7, 11) is 4.12. The molecular weight excluding hydrogens is 420 g/mol. The molecule has 176 valence electrons.